The Kier molecular flexibility index (Phi) is 8.25. The number of carbonyl (C=O) groups excluding carboxylic acids is 1. The summed E-state index contributed by atoms with van der Waals surface area (Å²) in [6, 6.07) is 6.86. The van der Waals surface area contributed by atoms with E-state index in [1.807, 2.05) is 18.7 Å². The molecule has 7 heteroatoms. The molecule has 0 radical (unpaired) electrons. The summed E-state index contributed by atoms with van der Waals surface area (Å²) >= 11 is 7.83. The Morgan fingerprint density at radius 1 is 1.25 bits per heavy atom. The molecular formula is C17H25ClN4OS. The van der Waals surface area contributed by atoms with E-state index in [9.17, 15) is 4.79 Å². The van der Waals surface area contributed by atoms with Crippen LogP contribution in [0.15, 0.2) is 29.3 Å². The van der Waals surface area contributed by atoms with Crippen molar-refractivity contribution in [3.8, 4) is 0 Å². The molecule has 1 aliphatic heterocycles. The van der Waals surface area contributed by atoms with Gasteiger partial charge in [0, 0.05) is 35.5 Å². The summed E-state index contributed by atoms with van der Waals surface area (Å²) in [7, 11) is 0. The van der Waals surface area contributed by atoms with Gasteiger partial charge < -0.3 is 16.0 Å². The molecule has 0 aromatic heterocycles. The lowest BCUT2D eigenvalue weighted by atomic mass is 10.2. The highest BCUT2D eigenvalue weighted by molar-refractivity contribution is 8.00. The standard InChI is InChI=1S/C17H25ClN4OS/c1-2-19-17(22-12-15-4-3-11-24-15)21-10-9-20-16(23)13-5-7-14(18)8-6-13/h5-8,15H,2-4,9-12H2,1H3,(H,20,23)(H2,19,21,22). The second-order valence-electron chi connectivity index (χ2n) is 5.54. The van der Waals surface area contributed by atoms with Gasteiger partial charge in [-0.25, -0.2) is 0 Å². The van der Waals surface area contributed by atoms with Crippen LogP contribution in [-0.4, -0.2) is 49.0 Å². The van der Waals surface area contributed by atoms with Crippen molar-refractivity contribution >= 4 is 35.2 Å². The summed E-state index contributed by atoms with van der Waals surface area (Å²) in [4.78, 5) is 16.6. The first-order valence-electron chi connectivity index (χ1n) is 8.36. The molecule has 1 heterocycles. The minimum absolute atomic E-state index is 0.0993. The molecule has 1 saturated heterocycles. The highest BCUT2D eigenvalue weighted by Crippen LogP contribution is 2.25. The number of benzene rings is 1. The number of carbonyl (C=O) groups is 1. The van der Waals surface area contributed by atoms with Gasteiger partial charge in [0.25, 0.3) is 5.91 Å². The van der Waals surface area contributed by atoms with Gasteiger partial charge in [0.05, 0.1) is 6.54 Å². The third-order valence-electron chi connectivity index (χ3n) is 3.63. The monoisotopic (exact) mass is 368 g/mol. The zero-order valence-electron chi connectivity index (χ0n) is 14.0. The summed E-state index contributed by atoms with van der Waals surface area (Å²) in [5.41, 5.74) is 0.609. The summed E-state index contributed by atoms with van der Waals surface area (Å²) in [5, 5.41) is 10.6. The molecule has 0 aliphatic carbocycles. The van der Waals surface area contributed by atoms with Crippen LogP contribution in [0.25, 0.3) is 0 Å². The molecule has 0 bridgehead atoms. The fourth-order valence-corrected chi connectivity index (χ4v) is 3.69. The van der Waals surface area contributed by atoms with E-state index in [-0.39, 0.29) is 5.91 Å². The number of nitrogens with zero attached hydrogens (tertiary/aromatic N) is 1. The SMILES string of the molecule is CCNC(=NCC1CCCS1)NCCNC(=O)c1ccc(Cl)cc1. The van der Waals surface area contributed by atoms with E-state index in [0.717, 1.165) is 19.0 Å². The van der Waals surface area contributed by atoms with Gasteiger partial charge in [-0.3, -0.25) is 9.79 Å². The van der Waals surface area contributed by atoms with Crippen molar-refractivity contribution < 1.29 is 4.79 Å². The Morgan fingerprint density at radius 2 is 2.00 bits per heavy atom. The van der Waals surface area contributed by atoms with Crippen LogP contribution in [0.2, 0.25) is 5.02 Å². The first-order valence-corrected chi connectivity index (χ1v) is 9.79. The number of thioether (sulfide) groups is 1. The molecule has 24 heavy (non-hydrogen) atoms. The van der Waals surface area contributed by atoms with Crippen LogP contribution in [0.3, 0.4) is 0 Å². The number of nitrogens with one attached hydrogen (secondary N) is 3. The van der Waals surface area contributed by atoms with Crippen LogP contribution >= 0.6 is 23.4 Å². The molecule has 1 aliphatic rings. The number of halogens is 1. The van der Waals surface area contributed by atoms with Crippen LogP contribution in [-0.2, 0) is 0 Å². The van der Waals surface area contributed by atoms with Gasteiger partial charge in [0.2, 0.25) is 0 Å². The summed E-state index contributed by atoms with van der Waals surface area (Å²) in [5.74, 6) is 1.96. The smallest absolute Gasteiger partial charge is 0.251 e. The van der Waals surface area contributed by atoms with Gasteiger partial charge in [-0.15, -0.1) is 0 Å². The zero-order valence-corrected chi connectivity index (χ0v) is 15.6. The lowest BCUT2D eigenvalue weighted by Crippen LogP contribution is -2.41. The van der Waals surface area contributed by atoms with Gasteiger partial charge in [-0.05, 0) is 49.8 Å². The molecule has 1 aromatic carbocycles. The fourth-order valence-electron chi connectivity index (χ4n) is 2.38. The second-order valence-corrected chi connectivity index (χ2v) is 7.39. The summed E-state index contributed by atoms with van der Waals surface area (Å²) in [6.45, 7) is 4.87. The van der Waals surface area contributed by atoms with E-state index in [1.54, 1.807) is 24.3 Å². The lowest BCUT2D eigenvalue weighted by Gasteiger charge is -2.13. The second kappa shape index (κ2) is 10.5. The van der Waals surface area contributed by atoms with E-state index in [1.165, 1.54) is 18.6 Å². The van der Waals surface area contributed by atoms with Gasteiger partial charge >= 0.3 is 0 Å². The topological polar surface area (TPSA) is 65.5 Å². The van der Waals surface area contributed by atoms with Crippen molar-refractivity contribution in [3.05, 3.63) is 34.9 Å². The molecule has 1 atom stereocenters. The number of rotatable bonds is 7. The summed E-state index contributed by atoms with van der Waals surface area (Å²) in [6.07, 6.45) is 2.55. The number of aliphatic imine (C=N–C) groups is 1. The normalized spacial score (nSPS) is 17.6. The molecular weight excluding hydrogens is 344 g/mol. The maximum atomic E-state index is 12.0. The Hall–Kier alpha value is -1.40. The molecule has 1 aromatic rings. The van der Waals surface area contributed by atoms with Crippen molar-refractivity contribution in [1.29, 1.82) is 0 Å². The van der Waals surface area contributed by atoms with Crippen molar-refractivity contribution in [3.63, 3.8) is 0 Å². The summed E-state index contributed by atoms with van der Waals surface area (Å²) < 4.78 is 0. The first-order chi connectivity index (χ1) is 11.7. The van der Waals surface area contributed by atoms with Crippen LogP contribution in [0.4, 0.5) is 0 Å². The van der Waals surface area contributed by atoms with Crippen LogP contribution in [0.5, 0.6) is 0 Å². The van der Waals surface area contributed by atoms with Crippen molar-refractivity contribution in [2.45, 2.75) is 25.0 Å². The predicted molar refractivity (Wildman–Crippen MR) is 103 cm³/mol. The van der Waals surface area contributed by atoms with Crippen molar-refractivity contribution in [1.82, 2.24) is 16.0 Å². The zero-order chi connectivity index (χ0) is 17.2. The first kappa shape index (κ1) is 18.9. The van der Waals surface area contributed by atoms with Gasteiger partial charge in [0.1, 0.15) is 0 Å². The highest BCUT2D eigenvalue weighted by Gasteiger charge is 2.14. The predicted octanol–water partition coefficient (Wildman–Crippen LogP) is 2.52. The average molecular weight is 369 g/mol. The average Bonchev–Trinajstić information content (AvgIpc) is 3.10. The van der Waals surface area contributed by atoms with E-state index >= 15 is 0 Å². The number of hydrogen-bond donors (Lipinski definition) is 3. The van der Waals surface area contributed by atoms with E-state index in [2.05, 4.69) is 20.9 Å². The maximum absolute atomic E-state index is 12.0. The Labute approximate surface area is 153 Å². The van der Waals surface area contributed by atoms with Gasteiger partial charge in [0.15, 0.2) is 5.96 Å². The number of hydrogen-bond acceptors (Lipinski definition) is 3. The minimum Gasteiger partial charge on any atom is -0.357 e. The van der Waals surface area contributed by atoms with Crippen molar-refractivity contribution in [2.75, 3.05) is 31.9 Å². The Balaban J connectivity index is 1.70. The van der Waals surface area contributed by atoms with Gasteiger partial charge in [-0.2, -0.15) is 11.8 Å². The molecule has 3 N–H and O–H groups in total. The van der Waals surface area contributed by atoms with Gasteiger partial charge in [-0.1, -0.05) is 11.6 Å². The van der Waals surface area contributed by atoms with Crippen LogP contribution in [0, 0.1) is 0 Å². The fraction of sp³-hybridized carbons (Fsp3) is 0.529. The molecule has 2 rings (SSSR count). The van der Waals surface area contributed by atoms with Crippen LogP contribution in [0.1, 0.15) is 30.1 Å². The molecule has 1 fully saturated rings. The van der Waals surface area contributed by atoms with E-state index in [4.69, 9.17) is 11.6 Å². The quantitative estimate of drug-likeness (QED) is 0.393. The third kappa shape index (κ3) is 6.61. The number of amides is 1. The van der Waals surface area contributed by atoms with E-state index in [0.29, 0.717) is 28.9 Å². The molecule has 0 spiro atoms. The molecule has 1 amide bonds. The molecule has 0 saturated carbocycles. The largest absolute Gasteiger partial charge is 0.357 e. The lowest BCUT2D eigenvalue weighted by molar-refractivity contribution is 0.0954. The molecule has 5 nitrogen and oxygen atoms in total. The Morgan fingerprint density at radius 3 is 2.67 bits per heavy atom. The highest BCUT2D eigenvalue weighted by atomic mass is 35.5. The number of guanidine groups is 1. The molecule has 1 unspecified atom stereocenters. The Bertz CT molecular complexity index is 544. The minimum atomic E-state index is -0.0993. The molecule has 132 valence electrons. The maximum Gasteiger partial charge on any atom is 0.251 e. The third-order valence-corrected chi connectivity index (χ3v) is 5.26. The van der Waals surface area contributed by atoms with Crippen LogP contribution < -0.4 is 16.0 Å². The van der Waals surface area contributed by atoms with Crippen molar-refractivity contribution in [2.24, 2.45) is 4.99 Å². The van der Waals surface area contributed by atoms with E-state index < -0.39 is 0 Å².